The summed E-state index contributed by atoms with van der Waals surface area (Å²) in [6, 6.07) is 20.7. The number of ketones is 1. The Bertz CT molecular complexity index is 1360. The number of aromatic hydroxyl groups is 1. The molecule has 0 aliphatic carbocycles. The number of aryl methyl sites for hydroxylation is 1. The topological polar surface area (TPSA) is 99.5 Å². The fraction of sp³-hybridized carbons (Fsp3) is 0.290. The second-order valence-electron chi connectivity index (χ2n) is 9.79. The Hall–Kier alpha value is -4.14. The third kappa shape index (κ3) is 5.82. The van der Waals surface area contributed by atoms with Crippen LogP contribution in [-0.2, 0) is 20.9 Å². The zero-order chi connectivity index (χ0) is 27.4. The Morgan fingerprint density at radius 1 is 0.974 bits per heavy atom. The van der Waals surface area contributed by atoms with Crippen LogP contribution in [0.4, 0.5) is 0 Å². The molecule has 0 spiro atoms. The van der Waals surface area contributed by atoms with Crippen LogP contribution in [0.25, 0.3) is 5.76 Å². The van der Waals surface area contributed by atoms with Gasteiger partial charge in [0.1, 0.15) is 23.9 Å². The van der Waals surface area contributed by atoms with Crippen LogP contribution in [0.15, 0.2) is 78.4 Å². The van der Waals surface area contributed by atoms with E-state index in [0.29, 0.717) is 55.4 Å². The van der Waals surface area contributed by atoms with Crippen molar-refractivity contribution in [3.05, 3.63) is 101 Å². The van der Waals surface area contributed by atoms with Crippen molar-refractivity contribution >= 4 is 17.4 Å². The molecule has 2 heterocycles. The van der Waals surface area contributed by atoms with Gasteiger partial charge in [-0.15, -0.1) is 0 Å². The quantitative estimate of drug-likeness (QED) is 0.259. The Morgan fingerprint density at radius 2 is 1.69 bits per heavy atom. The van der Waals surface area contributed by atoms with Crippen molar-refractivity contribution in [2.24, 2.45) is 0 Å². The summed E-state index contributed by atoms with van der Waals surface area (Å²) in [6.07, 6.45) is 0. The SMILES string of the molecule is Cc1cc(OCc2ccccc2)ccc1/C(O)=C1/C(=O)C(=O)N(CCN2CCOCC2)C1c1ccc(O)cc1. The van der Waals surface area contributed by atoms with E-state index in [0.717, 1.165) is 18.7 Å². The number of amides is 1. The largest absolute Gasteiger partial charge is 0.508 e. The molecule has 2 fully saturated rings. The van der Waals surface area contributed by atoms with E-state index in [9.17, 15) is 19.8 Å². The molecule has 2 aliphatic rings. The van der Waals surface area contributed by atoms with E-state index >= 15 is 0 Å². The van der Waals surface area contributed by atoms with E-state index in [4.69, 9.17) is 9.47 Å². The van der Waals surface area contributed by atoms with Crippen LogP contribution in [0.2, 0.25) is 0 Å². The summed E-state index contributed by atoms with van der Waals surface area (Å²) in [6.45, 7) is 5.90. The molecule has 0 aromatic heterocycles. The van der Waals surface area contributed by atoms with E-state index in [1.807, 2.05) is 43.3 Å². The van der Waals surface area contributed by atoms with Crippen molar-refractivity contribution < 1.29 is 29.3 Å². The molecule has 8 heteroatoms. The third-order valence-corrected chi connectivity index (χ3v) is 7.21. The lowest BCUT2D eigenvalue weighted by atomic mass is 9.94. The van der Waals surface area contributed by atoms with Crippen molar-refractivity contribution in [1.29, 1.82) is 0 Å². The molecule has 1 atom stereocenters. The Morgan fingerprint density at radius 3 is 2.38 bits per heavy atom. The zero-order valence-corrected chi connectivity index (χ0v) is 21.9. The summed E-state index contributed by atoms with van der Waals surface area (Å²) in [5.41, 5.74) is 2.87. The van der Waals surface area contributed by atoms with Crippen LogP contribution in [-0.4, -0.2) is 71.1 Å². The maximum Gasteiger partial charge on any atom is 0.295 e. The number of hydrogen-bond donors (Lipinski definition) is 2. The number of Topliss-reactive ketones (excluding diaryl/α,β-unsaturated/α-hetero) is 1. The monoisotopic (exact) mass is 528 g/mol. The fourth-order valence-electron chi connectivity index (χ4n) is 5.07. The summed E-state index contributed by atoms with van der Waals surface area (Å²) < 4.78 is 11.3. The number of benzene rings is 3. The Balaban J connectivity index is 1.45. The molecule has 1 amide bonds. The van der Waals surface area contributed by atoms with Gasteiger partial charge in [-0.3, -0.25) is 14.5 Å². The zero-order valence-electron chi connectivity index (χ0n) is 21.9. The van der Waals surface area contributed by atoms with Crippen LogP contribution in [0, 0.1) is 6.92 Å². The number of phenolic OH excluding ortho intramolecular Hbond substituents is 1. The van der Waals surface area contributed by atoms with E-state index in [1.165, 1.54) is 17.0 Å². The van der Waals surface area contributed by atoms with E-state index < -0.39 is 17.7 Å². The smallest absolute Gasteiger partial charge is 0.295 e. The molecule has 2 aliphatic heterocycles. The lowest BCUT2D eigenvalue weighted by Crippen LogP contribution is -2.42. The standard InChI is InChI=1S/C31H32N2O6/c1-21-19-25(39-20-22-5-3-2-4-6-22)11-12-26(21)29(35)27-28(23-7-9-24(34)10-8-23)33(31(37)30(27)36)14-13-32-15-17-38-18-16-32/h2-12,19,28,34-35H,13-18,20H2,1H3/b29-27-. The Labute approximate surface area is 227 Å². The van der Waals surface area contributed by atoms with Gasteiger partial charge in [0, 0.05) is 31.7 Å². The van der Waals surface area contributed by atoms with Gasteiger partial charge in [0.15, 0.2) is 0 Å². The lowest BCUT2D eigenvalue weighted by molar-refractivity contribution is -0.140. The van der Waals surface area contributed by atoms with Gasteiger partial charge in [-0.05, 0) is 53.9 Å². The van der Waals surface area contributed by atoms with Gasteiger partial charge >= 0.3 is 0 Å². The highest BCUT2D eigenvalue weighted by Crippen LogP contribution is 2.40. The normalized spacial score (nSPS) is 19.4. The van der Waals surface area contributed by atoms with Gasteiger partial charge in [0.25, 0.3) is 11.7 Å². The molecule has 0 bridgehead atoms. The first-order chi connectivity index (χ1) is 18.9. The van der Waals surface area contributed by atoms with Gasteiger partial charge in [-0.25, -0.2) is 0 Å². The van der Waals surface area contributed by atoms with E-state index in [-0.39, 0.29) is 17.1 Å². The van der Waals surface area contributed by atoms with Gasteiger partial charge < -0.3 is 24.6 Å². The maximum atomic E-state index is 13.4. The number of hydrogen-bond acceptors (Lipinski definition) is 7. The molecular formula is C31H32N2O6. The summed E-state index contributed by atoms with van der Waals surface area (Å²) >= 11 is 0. The van der Waals surface area contributed by atoms with Gasteiger partial charge in [-0.1, -0.05) is 42.5 Å². The van der Waals surface area contributed by atoms with Crippen molar-refractivity contribution in [1.82, 2.24) is 9.80 Å². The first-order valence-corrected chi connectivity index (χ1v) is 13.1. The molecule has 0 saturated carbocycles. The fourth-order valence-corrected chi connectivity index (χ4v) is 5.07. The van der Waals surface area contributed by atoms with Crippen molar-refractivity contribution in [2.75, 3.05) is 39.4 Å². The first-order valence-electron chi connectivity index (χ1n) is 13.1. The molecule has 3 aromatic carbocycles. The highest BCUT2D eigenvalue weighted by Gasteiger charge is 2.46. The van der Waals surface area contributed by atoms with Crippen molar-refractivity contribution in [3.8, 4) is 11.5 Å². The van der Waals surface area contributed by atoms with Crippen molar-refractivity contribution in [2.45, 2.75) is 19.6 Å². The average Bonchev–Trinajstić information content (AvgIpc) is 3.21. The molecule has 202 valence electrons. The number of aliphatic hydroxyl groups is 1. The summed E-state index contributed by atoms with van der Waals surface area (Å²) in [7, 11) is 0. The average molecular weight is 529 g/mol. The summed E-state index contributed by atoms with van der Waals surface area (Å²) in [5, 5.41) is 21.3. The van der Waals surface area contributed by atoms with Crippen LogP contribution in [0.5, 0.6) is 11.5 Å². The Kier molecular flexibility index (Phi) is 7.95. The number of morpholine rings is 1. The maximum absolute atomic E-state index is 13.4. The minimum atomic E-state index is -0.778. The number of carbonyl (C=O) groups excluding carboxylic acids is 2. The summed E-state index contributed by atoms with van der Waals surface area (Å²) in [5.74, 6) is -0.896. The van der Waals surface area contributed by atoms with Crippen LogP contribution in [0.1, 0.15) is 28.3 Å². The van der Waals surface area contributed by atoms with Crippen LogP contribution in [0.3, 0.4) is 0 Å². The number of phenols is 1. The van der Waals surface area contributed by atoms with Crippen LogP contribution < -0.4 is 4.74 Å². The second-order valence-corrected chi connectivity index (χ2v) is 9.79. The number of rotatable bonds is 8. The minimum Gasteiger partial charge on any atom is -0.508 e. The molecule has 3 aromatic rings. The number of aliphatic hydroxyl groups excluding tert-OH is 1. The molecule has 8 nitrogen and oxygen atoms in total. The number of carbonyl (C=O) groups is 2. The molecule has 0 radical (unpaired) electrons. The predicted octanol–water partition coefficient (Wildman–Crippen LogP) is 4.03. The molecule has 5 rings (SSSR count). The van der Waals surface area contributed by atoms with E-state index in [1.54, 1.807) is 24.3 Å². The molecular weight excluding hydrogens is 496 g/mol. The number of ether oxygens (including phenoxy) is 2. The predicted molar refractivity (Wildman–Crippen MR) is 146 cm³/mol. The number of nitrogens with zero attached hydrogens (tertiary/aromatic N) is 2. The van der Waals surface area contributed by atoms with Crippen molar-refractivity contribution in [3.63, 3.8) is 0 Å². The molecule has 2 N–H and O–H groups in total. The lowest BCUT2D eigenvalue weighted by Gasteiger charge is -2.31. The molecule has 2 saturated heterocycles. The number of likely N-dealkylation sites (tertiary alicyclic amines) is 1. The van der Waals surface area contributed by atoms with Gasteiger partial charge in [-0.2, -0.15) is 0 Å². The van der Waals surface area contributed by atoms with Gasteiger partial charge in [0.05, 0.1) is 24.8 Å². The highest BCUT2D eigenvalue weighted by atomic mass is 16.5. The highest BCUT2D eigenvalue weighted by molar-refractivity contribution is 6.46. The van der Waals surface area contributed by atoms with Crippen LogP contribution >= 0.6 is 0 Å². The molecule has 39 heavy (non-hydrogen) atoms. The first kappa shape index (κ1) is 26.5. The van der Waals surface area contributed by atoms with Gasteiger partial charge in [0.2, 0.25) is 0 Å². The summed E-state index contributed by atoms with van der Waals surface area (Å²) in [4.78, 5) is 30.3. The van der Waals surface area contributed by atoms with E-state index in [2.05, 4.69) is 4.90 Å². The second kappa shape index (κ2) is 11.7. The third-order valence-electron chi connectivity index (χ3n) is 7.21. The molecule has 1 unspecified atom stereocenters. The minimum absolute atomic E-state index is 0.0359.